The Labute approximate surface area is 164 Å². The van der Waals surface area contributed by atoms with Gasteiger partial charge in [-0.1, -0.05) is 54.6 Å². The van der Waals surface area contributed by atoms with E-state index in [4.69, 9.17) is 0 Å². The average molecular weight is 387 g/mol. The van der Waals surface area contributed by atoms with Crippen LogP contribution >= 0.6 is 11.5 Å². The van der Waals surface area contributed by atoms with Crippen LogP contribution < -0.4 is 5.32 Å². The molecule has 1 aliphatic carbocycles. The molecule has 1 aromatic heterocycles. The topological polar surface area (TPSA) is 75.2 Å². The lowest BCUT2D eigenvalue weighted by molar-refractivity contribution is -0.127. The SMILES string of the molecule is CCC(C)N(C(=O)c1csnn1)C(C(=O)NC1CCCC1)c1ccccc1. The van der Waals surface area contributed by atoms with Crippen molar-refractivity contribution in [2.24, 2.45) is 0 Å². The highest BCUT2D eigenvalue weighted by Gasteiger charge is 2.36. The highest BCUT2D eigenvalue weighted by atomic mass is 32.1. The summed E-state index contributed by atoms with van der Waals surface area (Å²) < 4.78 is 3.81. The maximum atomic E-state index is 13.3. The first kappa shape index (κ1) is 19.5. The molecule has 1 aliphatic rings. The van der Waals surface area contributed by atoms with Gasteiger partial charge in [0.25, 0.3) is 5.91 Å². The minimum Gasteiger partial charge on any atom is -0.351 e. The number of benzene rings is 1. The number of aromatic nitrogens is 2. The van der Waals surface area contributed by atoms with Crippen LogP contribution in [0.2, 0.25) is 0 Å². The van der Waals surface area contributed by atoms with Gasteiger partial charge in [-0.3, -0.25) is 9.59 Å². The normalized spacial score (nSPS) is 16.7. The van der Waals surface area contributed by atoms with Crippen LogP contribution in [0.4, 0.5) is 0 Å². The van der Waals surface area contributed by atoms with Crippen LogP contribution in [0.3, 0.4) is 0 Å². The molecule has 1 heterocycles. The van der Waals surface area contributed by atoms with Crippen molar-refractivity contribution in [2.75, 3.05) is 0 Å². The summed E-state index contributed by atoms with van der Waals surface area (Å²) in [5.41, 5.74) is 1.10. The lowest BCUT2D eigenvalue weighted by Crippen LogP contribution is -2.49. The molecule has 3 rings (SSSR count). The number of nitrogens with zero attached hydrogens (tertiary/aromatic N) is 3. The summed E-state index contributed by atoms with van der Waals surface area (Å²) in [5.74, 6) is -0.376. The molecule has 0 radical (unpaired) electrons. The maximum Gasteiger partial charge on any atom is 0.276 e. The Morgan fingerprint density at radius 3 is 2.56 bits per heavy atom. The Bertz CT molecular complexity index is 745. The predicted octanol–water partition coefficient (Wildman–Crippen LogP) is 3.58. The number of carbonyl (C=O) groups is 2. The van der Waals surface area contributed by atoms with E-state index in [0.717, 1.165) is 49.2 Å². The molecule has 2 atom stereocenters. The van der Waals surface area contributed by atoms with E-state index < -0.39 is 6.04 Å². The van der Waals surface area contributed by atoms with Gasteiger partial charge in [-0.25, -0.2) is 0 Å². The zero-order valence-corrected chi connectivity index (χ0v) is 16.6. The van der Waals surface area contributed by atoms with Gasteiger partial charge < -0.3 is 10.2 Å². The quantitative estimate of drug-likeness (QED) is 0.789. The Hall–Kier alpha value is -2.28. The van der Waals surface area contributed by atoms with Crippen LogP contribution in [0.25, 0.3) is 0 Å². The Kier molecular flexibility index (Phi) is 6.55. The number of nitrogens with one attached hydrogen (secondary N) is 1. The van der Waals surface area contributed by atoms with Crippen molar-refractivity contribution in [1.82, 2.24) is 19.8 Å². The molecule has 6 nitrogen and oxygen atoms in total. The van der Waals surface area contributed by atoms with Gasteiger partial charge in [-0.2, -0.15) is 0 Å². The van der Waals surface area contributed by atoms with Crippen molar-refractivity contribution in [2.45, 2.75) is 64.1 Å². The molecule has 0 aliphatic heterocycles. The molecule has 1 saturated carbocycles. The molecule has 2 unspecified atom stereocenters. The first-order valence-electron chi connectivity index (χ1n) is 9.56. The van der Waals surface area contributed by atoms with Crippen molar-refractivity contribution in [3.63, 3.8) is 0 Å². The van der Waals surface area contributed by atoms with Gasteiger partial charge in [-0.15, -0.1) is 5.10 Å². The summed E-state index contributed by atoms with van der Waals surface area (Å²) in [5, 5.41) is 8.74. The Morgan fingerprint density at radius 1 is 1.26 bits per heavy atom. The number of hydrogen-bond donors (Lipinski definition) is 1. The Morgan fingerprint density at radius 2 is 1.96 bits per heavy atom. The first-order chi connectivity index (χ1) is 13.1. The summed E-state index contributed by atoms with van der Waals surface area (Å²) in [7, 11) is 0. The van der Waals surface area contributed by atoms with E-state index >= 15 is 0 Å². The Balaban J connectivity index is 1.96. The lowest BCUT2D eigenvalue weighted by Gasteiger charge is -2.35. The molecule has 0 saturated heterocycles. The average Bonchev–Trinajstić information content (AvgIpc) is 3.39. The zero-order valence-electron chi connectivity index (χ0n) is 15.8. The molecule has 1 N–H and O–H groups in total. The second-order valence-corrected chi connectivity index (χ2v) is 7.67. The summed E-state index contributed by atoms with van der Waals surface area (Å²) in [6.45, 7) is 3.98. The summed E-state index contributed by atoms with van der Waals surface area (Å²) in [4.78, 5) is 28.2. The minimum absolute atomic E-state index is 0.112. The van der Waals surface area contributed by atoms with E-state index in [1.54, 1.807) is 10.3 Å². The van der Waals surface area contributed by atoms with Gasteiger partial charge in [0.05, 0.1) is 0 Å². The van der Waals surface area contributed by atoms with Crippen molar-refractivity contribution in [1.29, 1.82) is 0 Å². The van der Waals surface area contributed by atoms with E-state index in [2.05, 4.69) is 14.9 Å². The van der Waals surface area contributed by atoms with Gasteiger partial charge in [-0.05, 0) is 43.3 Å². The monoisotopic (exact) mass is 386 g/mol. The lowest BCUT2D eigenvalue weighted by atomic mass is 10.0. The summed E-state index contributed by atoms with van der Waals surface area (Å²) in [6, 6.07) is 8.91. The van der Waals surface area contributed by atoms with Crippen molar-refractivity contribution < 1.29 is 9.59 Å². The third-order valence-electron chi connectivity index (χ3n) is 5.22. The highest BCUT2D eigenvalue weighted by molar-refractivity contribution is 7.03. The fourth-order valence-electron chi connectivity index (χ4n) is 3.58. The molecule has 0 spiro atoms. The van der Waals surface area contributed by atoms with E-state index in [0.29, 0.717) is 0 Å². The number of carbonyl (C=O) groups excluding carboxylic acids is 2. The predicted molar refractivity (Wildman–Crippen MR) is 105 cm³/mol. The number of amides is 2. The summed E-state index contributed by atoms with van der Waals surface area (Å²) in [6.07, 6.45) is 5.02. The molecular formula is C20H26N4O2S. The van der Waals surface area contributed by atoms with Gasteiger partial charge in [0, 0.05) is 17.5 Å². The molecule has 1 fully saturated rings. The van der Waals surface area contributed by atoms with Crippen molar-refractivity contribution >= 4 is 23.3 Å². The van der Waals surface area contributed by atoms with E-state index in [-0.39, 0.29) is 29.6 Å². The van der Waals surface area contributed by atoms with Crippen LogP contribution in [-0.4, -0.2) is 38.4 Å². The maximum absolute atomic E-state index is 13.3. The first-order valence-corrected chi connectivity index (χ1v) is 10.4. The van der Waals surface area contributed by atoms with E-state index in [9.17, 15) is 9.59 Å². The molecule has 2 amide bonds. The standard InChI is InChI=1S/C20H26N4O2S/c1-3-14(2)24(20(26)17-13-27-23-22-17)18(15-9-5-4-6-10-15)19(25)21-16-11-7-8-12-16/h4-6,9-10,13-14,16,18H,3,7-8,11-12H2,1-2H3,(H,21,25). The molecule has 2 aromatic rings. The van der Waals surface area contributed by atoms with Crippen LogP contribution in [0.1, 0.15) is 68.0 Å². The molecular weight excluding hydrogens is 360 g/mol. The third-order valence-corrected chi connectivity index (χ3v) is 5.73. The molecule has 0 bridgehead atoms. The van der Waals surface area contributed by atoms with E-state index in [1.165, 1.54) is 0 Å². The zero-order chi connectivity index (χ0) is 19.2. The van der Waals surface area contributed by atoms with Gasteiger partial charge >= 0.3 is 0 Å². The molecule has 144 valence electrons. The second kappa shape index (κ2) is 9.08. The highest BCUT2D eigenvalue weighted by Crippen LogP contribution is 2.28. The van der Waals surface area contributed by atoms with Crippen molar-refractivity contribution in [3.8, 4) is 0 Å². The fourth-order valence-corrected chi connectivity index (χ4v) is 4.01. The van der Waals surface area contributed by atoms with Crippen LogP contribution in [0, 0.1) is 0 Å². The minimum atomic E-state index is -0.684. The van der Waals surface area contributed by atoms with Crippen LogP contribution in [0.5, 0.6) is 0 Å². The second-order valence-electron chi connectivity index (χ2n) is 7.06. The summed E-state index contributed by atoms with van der Waals surface area (Å²) >= 11 is 1.14. The van der Waals surface area contributed by atoms with Gasteiger partial charge in [0.15, 0.2) is 5.69 Å². The van der Waals surface area contributed by atoms with Crippen LogP contribution in [-0.2, 0) is 4.79 Å². The number of rotatable bonds is 7. The van der Waals surface area contributed by atoms with Gasteiger partial charge in [0.1, 0.15) is 6.04 Å². The molecule has 7 heteroatoms. The third kappa shape index (κ3) is 4.53. The van der Waals surface area contributed by atoms with Crippen molar-refractivity contribution in [3.05, 3.63) is 47.0 Å². The largest absolute Gasteiger partial charge is 0.351 e. The fraction of sp³-hybridized carbons (Fsp3) is 0.500. The van der Waals surface area contributed by atoms with E-state index in [1.807, 2.05) is 44.2 Å². The number of hydrogen-bond acceptors (Lipinski definition) is 5. The van der Waals surface area contributed by atoms with Crippen LogP contribution in [0.15, 0.2) is 35.7 Å². The smallest absolute Gasteiger partial charge is 0.276 e. The molecule has 27 heavy (non-hydrogen) atoms. The van der Waals surface area contributed by atoms with Gasteiger partial charge in [0.2, 0.25) is 5.91 Å². The molecule has 1 aromatic carbocycles.